The van der Waals surface area contributed by atoms with Crippen molar-refractivity contribution in [2.75, 3.05) is 19.4 Å². The lowest BCUT2D eigenvalue weighted by Crippen LogP contribution is -2.26. The third kappa shape index (κ3) is 3.62. The average molecular weight is 304 g/mol. The Labute approximate surface area is 126 Å². The van der Waals surface area contributed by atoms with Crippen LogP contribution in [0.25, 0.3) is 0 Å². The molecule has 4 nitrogen and oxygen atoms in total. The summed E-state index contributed by atoms with van der Waals surface area (Å²) in [5.41, 5.74) is 2.99. The van der Waals surface area contributed by atoms with Crippen molar-refractivity contribution in [3.63, 3.8) is 0 Å². The molecule has 0 fully saturated rings. The molecule has 2 aromatic carbocycles. The van der Waals surface area contributed by atoms with Gasteiger partial charge in [-0.3, -0.25) is 0 Å². The molecule has 0 aromatic heterocycles. The number of hydrogen-bond acceptors (Lipinski definition) is 3. The van der Waals surface area contributed by atoms with E-state index in [9.17, 15) is 8.42 Å². The Kier molecular flexibility index (Phi) is 4.65. The molecule has 21 heavy (non-hydrogen) atoms. The smallest absolute Gasteiger partial charge is 0.243 e. The van der Waals surface area contributed by atoms with E-state index in [-0.39, 0.29) is 0 Å². The number of sulfonamides is 1. The van der Waals surface area contributed by atoms with Crippen LogP contribution < -0.4 is 5.32 Å². The number of hydrogen-bond donors (Lipinski definition) is 1. The van der Waals surface area contributed by atoms with Gasteiger partial charge in [0.2, 0.25) is 10.0 Å². The molecule has 2 rings (SSSR count). The molecule has 0 radical (unpaired) electrons. The van der Waals surface area contributed by atoms with Gasteiger partial charge < -0.3 is 5.32 Å². The van der Waals surface area contributed by atoms with Crippen LogP contribution in [-0.4, -0.2) is 26.8 Å². The number of benzene rings is 2. The summed E-state index contributed by atoms with van der Waals surface area (Å²) < 4.78 is 26.4. The number of rotatable bonds is 5. The molecule has 0 spiro atoms. The minimum absolute atomic E-state index is 0.302. The summed E-state index contributed by atoms with van der Waals surface area (Å²) >= 11 is 0. The molecule has 0 aliphatic carbocycles. The molecule has 0 bridgehead atoms. The first-order chi connectivity index (χ1) is 9.93. The standard InChI is InChI=1S/C16H20N2O2S/c1-13-5-4-6-14(11-13)12-18(3)21(19,20)16-9-7-15(17-2)8-10-16/h4-11,17H,12H2,1-3H3. The Hall–Kier alpha value is -1.85. The fourth-order valence-corrected chi connectivity index (χ4v) is 3.29. The predicted molar refractivity (Wildman–Crippen MR) is 85.8 cm³/mol. The molecule has 0 unspecified atom stereocenters. The van der Waals surface area contributed by atoms with Crippen molar-refractivity contribution in [3.8, 4) is 0 Å². The number of aryl methyl sites for hydroxylation is 1. The van der Waals surface area contributed by atoms with Crippen molar-refractivity contribution in [1.82, 2.24) is 4.31 Å². The highest BCUT2D eigenvalue weighted by Gasteiger charge is 2.20. The van der Waals surface area contributed by atoms with Crippen molar-refractivity contribution in [2.24, 2.45) is 0 Å². The summed E-state index contributed by atoms with van der Waals surface area (Å²) in [5, 5.41) is 2.97. The van der Waals surface area contributed by atoms with Gasteiger partial charge in [0.05, 0.1) is 4.90 Å². The third-order valence-electron chi connectivity index (χ3n) is 3.34. The Morgan fingerprint density at radius 2 is 1.76 bits per heavy atom. The highest BCUT2D eigenvalue weighted by atomic mass is 32.2. The monoisotopic (exact) mass is 304 g/mol. The van der Waals surface area contributed by atoms with Gasteiger partial charge in [-0.25, -0.2) is 8.42 Å². The lowest BCUT2D eigenvalue weighted by Gasteiger charge is -2.17. The maximum atomic E-state index is 12.5. The van der Waals surface area contributed by atoms with E-state index in [0.29, 0.717) is 11.4 Å². The summed E-state index contributed by atoms with van der Waals surface area (Å²) in [4.78, 5) is 0.302. The summed E-state index contributed by atoms with van der Waals surface area (Å²) in [6.45, 7) is 2.35. The topological polar surface area (TPSA) is 49.4 Å². The molecule has 1 N–H and O–H groups in total. The van der Waals surface area contributed by atoms with E-state index in [2.05, 4.69) is 5.32 Å². The van der Waals surface area contributed by atoms with Gasteiger partial charge in [-0.1, -0.05) is 29.8 Å². The molecule has 0 aliphatic heterocycles. The summed E-state index contributed by atoms with van der Waals surface area (Å²) in [5.74, 6) is 0. The molecule has 5 heteroatoms. The maximum Gasteiger partial charge on any atom is 0.243 e. The first-order valence-electron chi connectivity index (χ1n) is 6.73. The Morgan fingerprint density at radius 3 is 2.33 bits per heavy atom. The molecule has 0 atom stereocenters. The van der Waals surface area contributed by atoms with E-state index in [1.807, 2.05) is 31.2 Å². The summed E-state index contributed by atoms with van der Waals surface area (Å²) in [6, 6.07) is 14.6. The van der Waals surface area contributed by atoms with Crippen molar-refractivity contribution in [3.05, 3.63) is 59.7 Å². The second-order valence-electron chi connectivity index (χ2n) is 5.02. The highest BCUT2D eigenvalue weighted by molar-refractivity contribution is 7.89. The molecule has 2 aromatic rings. The van der Waals surface area contributed by atoms with Crippen LogP contribution in [0.5, 0.6) is 0 Å². The molecule has 0 heterocycles. The van der Waals surface area contributed by atoms with Gasteiger partial charge in [-0.2, -0.15) is 4.31 Å². The predicted octanol–water partition coefficient (Wildman–Crippen LogP) is 2.86. The van der Waals surface area contributed by atoms with Crippen LogP contribution in [0.1, 0.15) is 11.1 Å². The summed E-state index contributed by atoms with van der Waals surface area (Å²) in [7, 11) is -0.0696. The largest absolute Gasteiger partial charge is 0.388 e. The fourth-order valence-electron chi connectivity index (χ4n) is 2.13. The molecule has 0 saturated heterocycles. The van der Waals surface area contributed by atoms with Crippen molar-refractivity contribution >= 4 is 15.7 Å². The molecule has 0 amide bonds. The van der Waals surface area contributed by atoms with E-state index < -0.39 is 10.0 Å². The van der Waals surface area contributed by atoms with Crippen LogP contribution in [0.2, 0.25) is 0 Å². The van der Waals surface area contributed by atoms with E-state index >= 15 is 0 Å². The highest BCUT2D eigenvalue weighted by Crippen LogP contribution is 2.19. The molecular weight excluding hydrogens is 284 g/mol. The summed E-state index contributed by atoms with van der Waals surface area (Å²) in [6.07, 6.45) is 0. The Bertz CT molecular complexity index is 709. The van der Waals surface area contributed by atoms with Crippen LogP contribution in [0.4, 0.5) is 5.69 Å². The normalized spacial score (nSPS) is 11.6. The van der Waals surface area contributed by atoms with Gasteiger partial charge in [0.15, 0.2) is 0 Å². The zero-order valence-electron chi connectivity index (χ0n) is 12.5. The lowest BCUT2D eigenvalue weighted by atomic mass is 10.1. The van der Waals surface area contributed by atoms with Crippen LogP contribution in [0.3, 0.4) is 0 Å². The zero-order chi connectivity index (χ0) is 15.5. The first kappa shape index (κ1) is 15.5. The fraction of sp³-hybridized carbons (Fsp3) is 0.250. The molecular formula is C16H20N2O2S. The second-order valence-corrected chi connectivity index (χ2v) is 7.07. The lowest BCUT2D eigenvalue weighted by molar-refractivity contribution is 0.466. The number of anilines is 1. The first-order valence-corrected chi connectivity index (χ1v) is 8.17. The zero-order valence-corrected chi connectivity index (χ0v) is 13.3. The van der Waals surface area contributed by atoms with Crippen LogP contribution in [-0.2, 0) is 16.6 Å². The molecule has 0 saturated carbocycles. The van der Waals surface area contributed by atoms with Gasteiger partial charge >= 0.3 is 0 Å². The minimum atomic E-state index is -3.47. The second kappa shape index (κ2) is 6.28. The number of nitrogens with zero attached hydrogens (tertiary/aromatic N) is 1. The SMILES string of the molecule is CNc1ccc(S(=O)(=O)N(C)Cc2cccc(C)c2)cc1. The van der Waals surface area contributed by atoms with Crippen LogP contribution >= 0.6 is 0 Å². The molecule has 0 aliphatic rings. The quantitative estimate of drug-likeness (QED) is 0.924. The van der Waals surface area contributed by atoms with E-state index in [0.717, 1.165) is 16.8 Å². The van der Waals surface area contributed by atoms with Crippen LogP contribution in [0, 0.1) is 6.92 Å². The van der Waals surface area contributed by atoms with Gasteiger partial charge in [0.1, 0.15) is 0 Å². The maximum absolute atomic E-state index is 12.5. The van der Waals surface area contributed by atoms with Crippen molar-refractivity contribution in [1.29, 1.82) is 0 Å². The van der Waals surface area contributed by atoms with Gasteiger partial charge in [-0.15, -0.1) is 0 Å². The van der Waals surface area contributed by atoms with E-state index in [1.54, 1.807) is 38.4 Å². The van der Waals surface area contributed by atoms with Crippen molar-refractivity contribution < 1.29 is 8.42 Å². The van der Waals surface area contributed by atoms with Crippen LogP contribution in [0.15, 0.2) is 53.4 Å². The van der Waals surface area contributed by atoms with Gasteiger partial charge in [0.25, 0.3) is 0 Å². The molecule has 112 valence electrons. The van der Waals surface area contributed by atoms with Gasteiger partial charge in [0, 0.05) is 26.3 Å². The van der Waals surface area contributed by atoms with Crippen molar-refractivity contribution in [2.45, 2.75) is 18.4 Å². The average Bonchev–Trinajstić information content (AvgIpc) is 2.47. The Balaban J connectivity index is 2.21. The Morgan fingerprint density at radius 1 is 1.10 bits per heavy atom. The van der Waals surface area contributed by atoms with E-state index in [1.165, 1.54) is 4.31 Å². The van der Waals surface area contributed by atoms with E-state index in [4.69, 9.17) is 0 Å². The van der Waals surface area contributed by atoms with Gasteiger partial charge in [-0.05, 0) is 36.8 Å². The minimum Gasteiger partial charge on any atom is -0.388 e. The number of nitrogens with one attached hydrogen (secondary N) is 1. The third-order valence-corrected chi connectivity index (χ3v) is 5.16.